The molecule has 0 amide bonds. The normalized spacial score (nSPS) is 14.5. The van der Waals surface area contributed by atoms with Gasteiger partial charge in [-0.2, -0.15) is 0 Å². The first-order valence-corrected chi connectivity index (χ1v) is 22.6. The number of benzene rings is 4. The number of fused-ring (bicyclic) bond motifs is 3. The van der Waals surface area contributed by atoms with Crippen LogP contribution in [-0.2, 0) is 49.3 Å². The summed E-state index contributed by atoms with van der Waals surface area (Å²) in [5, 5.41) is 1.53. The second-order valence-electron chi connectivity index (χ2n) is 18.5. The van der Waals surface area contributed by atoms with Gasteiger partial charge >= 0.3 is 322 Å². The van der Waals surface area contributed by atoms with Crippen molar-refractivity contribution in [1.29, 1.82) is 0 Å². The Morgan fingerprint density at radius 1 is 0.580 bits per heavy atom. The molecule has 0 fully saturated rings. The summed E-state index contributed by atoms with van der Waals surface area (Å²) in [7, 11) is 0. The first kappa shape index (κ1) is 37.5. The molecule has 0 heterocycles. The van der Waals surface area contributed by atoms with Gasteiger partial charge in [0.2, 0.25) is 0 Å². The Balaban J connectivity index is 1.85. The summed E-state index contributed by atoms with van der Waals surface area (Å²) in [6, 6.07) is 25.0. The number of hydrogen-bond acceptors (Lipinski definition) is 0. The number of hydrogen-bond donors (Lipinski definition) is 0. The third kappa shape index (κ3) is 7.19. The molecule has 0 aromatic heterocycles. The Morgan fingerprint density at radius 2 is 1.06 bits per heavy atom. The van der Waals surface area contributed by atoms with Gasteiger partial charge in [-0.15, -0.1) is 0 Å². The van der Waals surface area contributed by atoms with E-state index in [4.69, 9.17) is 23.2 Å². The average molecular weight is 781 g/mol. The van der Waals surface area contributed by atoms with Crippen molar-refractivity contribution in [3.8, 4) is 11.1 Å². The van der Waals surface area contributed by atoms with E-state index in [0.717, 1.165) is 22.9 Å². The predicted octanol–water partition coefficient (Wildman–Crippen LogP) is 13.1. The Hall–Kier alpha value is -2.31. The van der Waals surface area contributed by atoms with Crippen molar-refractivity contribution in [2.45, 2.75) is 118 Å². The quantitative estimate of drug-likeness (QED) is 0.170. The van der Waals surface area contributed by atoms with Crippen LogP contribution in [0.2, 0.25) is 10.0 Å². The van der Waals surface area contributed by atoms with Gasteiger partial charge in [0, 0.05) is 0 Å². The van der Waals surface area contributed by atoms with Gasteiger partial charge in [0.1, 0.15) is 0 Å². The van der Waals surface area contributed by atoms with E-state index in [0.29, 0.717) is 0 Å². The van der Waals surface area contributed by atoms with Crippen LogP contribution >= 0.6 is 23.2 Å². The maximum atomic E-state index is 6.55. The number of halogens is 2. The second kappa shape index (κ2) is 13.3. The molecule has 0 radical (unpaired) electrons. The zero-order valence-electron chi connectivity index (χ0n) is 32.3. The molecule has 0 saturated carbocycles. The van der Waals surface area contributed by atoms with Crippen LogP contribution in [0.15, 0.2) is 88.2 Å². The molecule has 4 aromatic rings. The van der Waals surface area contributed by atoms with Crippen molar-refractivity contribution >= 4 is 29.7 Å². The van der Waals surface area contributed by atoms with Gasteiger partial charge in [-0.05, 0) is 0 Å². The first-order chi connectivity index (χ1) is 23.2. The molecule has 0 atom stereocenters. The molecule has 0 N–H and O–H groups in total. The molecule has 0 nitrogen and oxygen atoms in total. The Bertz CT molecular complexity index is 2010. The van der Waals surface area contributed by atoms with Crippen molar-refractivity contribution in [1.82, 2.24) is 0 Å². The van der Waals surface area contributed by atoms with Gasteiger partial charge in [0.25, 0.3) is 0 Å². The van der Waals surface area contributed by atoms with Crippen LogP contribution in [0.1, 0.15) is 134 Å². The minimum atomic E-state index is -3.01. The Labute approximate surface area is 320 Å². The van der Waals surface area contributed by atoms with Gasteiger partial charge in [0.05, 0.1) is 0 Å². The van der Waals surface area contributed by atoms with E-state index in [2.05, 4.69) is 168 Å². The van der Waals surface area contributed by atoms with Gasteiger partial charge in [-0.25, -0.2) is 0 Å². The summed E-state index contributed by atoms with van der Waals surface area (Å²) in [5.41, 5.74) is 14.4. The number of allylic oxidation sites excluding steroid dienone is 4. The van der Waals surface area contributed by atoms with Crippen LogP contribution in [0, 0.1) is 0 Å². The predicted molar refractivity (Wildman–Crippen MR) is 217 cm³/mol. The van der Waals surface area contributed by atoms with Crippen LogP contribution in [0.25, 0.3) is 11.1 Å². The first-order valence-electron chi connectivity index (χ1n) is 18.2. The molecule has 2 aliphatic rings. The van der Waals surface area contributed by atoms with Crippen LogP contribution in [0.5, 0.6) is 0 Å². The summed E-state index contributed by atoms with van der Waals surface area (Å²) < 4.78 is 4.78. The van der Waals surface area contributed by atoms with Crippen LogP contribution < -0.4 is 3.27 Å². The van der Waals surface area contributed by atoms with Crippen LogP contribution in [0.4, 0.5) is 0 Å². The van der Waals surface area contributed by atoms with E-state index < -0.39 is 21.3 Å². The van der Waals surface area contributed by atoms with Gasteiger partial charge < -0.3 is 0 Å². The topological polar surface area (TPSA) is 0 Å². The minimum absolute atomic E-state index is 0.0345. The van der Waals surface area contributed by atoms with E-state index in [1.165, 1.54) is 47.7 Å². The Morgan fingerprint density at radius 3 is 1.50 bits per heavy atom. The molecule has 0 saturated heterocycles. The monoisotopic (exact) mass is 778 g/mol. The molecule has 0 spiro atoms. The Kier molecular flexibility index (Phi) is 9.94. The van der Waals surface area contributed by atoms with Crippen LogP contribution in [-0.4, -0.2) is 3.21 Å². The third-order valence-electron chi connectivity index (χ3n) is 10.4. The zero-order chi connectivity index (χ0) is 36.6. The molecule has 3 heteroatoms. The molecular formula is C47H54Cl2Zr. The van der Waals surface area contributed by atoms with Crippen molar-refractivity contribution < 1.29 is 21.3 Å². The molecule has 6 rings (SSSR count). The van der Waals surface area contributed by atoms with Crippen molar-refractivity contribution in [2.24, 2.45) is 0 Å². The van der Waals surface area contributed by atoms with Crippen molar-refractivity contribution in [3.63, 3.8) is 0 Å². The molecule has 260 valence electrons. The molecule has 0 bridgehead atoms. The van der Waals surface area contributed by atoms with Crippen molar-refractivity contribution in [2.75, 3.05) is 0 Å². The fourth-order valence-corrected chi connectivity index (χ4v) is 17.3. The zero-order valence-corrected chi connectivity index (χ0v) is 36.2. The van der Waals surface area contributed by atoms with E-state index in [1.54, 1.807) is 17.7 Å². The van der Waals surface area contributed by atoms with E-state index in [9.17, 15) is 0 Å². The molecule has 50 heavy (non-hydrogen) atoms. The summed E-state index contributed by atoms with van der Waals surface area (Å²) in [5.74, 6) is 0. The van der Waals surface area contributed by atoms with Gasteiger partial charge in [-0.1, -0.05) is 0 Å². The van der Waals surface area contributed by atoms with Gasteiger partial charge in [0.15, 0.2) is 0 Å². The summed E-state index contributed by atoms with van der Waals surface area (Å²) in [6.45, 7) is 28.8. The fourth-order valence-electron chi connectivity index (χ4n) is 8.03. The summed E-state index contributed by atoms with van der Waals surface area (Å²) in [4.78, 5) is 0. The van der Waals surface area contributed by atoms with Crippen molar-refractivity contribution in [3.05, 3.63) is 143 Å². The average Bonchev–Trinajstić information content (AvgIpc) is 3.66. The maximum absolute atomic E-state index is 6.55. The third-order valence-corrected chi connectivity index (χ3v) is 18.6. The molecular weight excluding hydrogens is 727 g/mol. The summed E-state index contributed by atoms with van der Waals surface area (Å²) >= 11 is 10.1. The van der Waals surface area contributed by atoms with E-state index >= 15 is 0 Å². The summed E-state index contributed by atoms with van der Waals surface area (Å²) in [6.07, 6.45) is 9.09. The molecule has 0 aliphatic heterocycles. The van der Waals surface area contributed by atoms with E-state index in [1.807, 2.05) is 0 Å². The van der Waals surface area contributed by atoms with E-state index in [-0.39, 0.29) is 21.7 Å². The second-order valence-corrected chi connectivity index (χ2v) is 25.3. The SMILES string of the molecule is CC(C)(C)c1cc2c(cc1C(C)(C)C)-c1cc(C(C)(C)C)c(C(C)(C)C)[c]([Zr]([C]3=CC=CC3)=[C](c3ccc(Cl)cc3)c3ccc(Cl)cc3)c1C2. The standard InChI is InChI=1S/C29H41.C13H8Cl2.C5H5.Zr/c1-26(2,3)22-14-18-13-19-15-23(27(4,5)6)25(29(10,11)12)17-21(19)20(18)16-24(22)28(7,8)9;14-12-5-1-10(2-6-12)9-11-3-7-13(15)8-4-11;1-2-4-5-3-1;/h14,16-17H,13H2,1-12H3;1-8H;1-3H,4H2;. The van der Waals surface area contributed by atoms with Crippen LogP contribution in [0.3, 0.4) is 0 Å². The molecule has 2 aliphatic carbocycles. The van der Waals surface area contributed by atoms with Gasteiger partial charge in [-0.3, -0.25) is 0 Å². The molecule has 4 aromatic carbocycles. The molecule has 0 unspecified atom stereocenters. The fraction of sp³-hybridized carbons (Fsp3) is 0.383. The number of rotatable bonds is 4.